The maximum absolute atomic E-state index is 11.2. The monoisotopic (exact) mass is 310 g/mol. The van der Waals surface area contributed by atoms with Crippen LogP contribution in [0.15, 0.2) is 34.3 Å². The van der Waals surface area contributed by atoms with Crippen LogP contribution in [0.5, 0.6) is 0 Å². The molecule has 0 amide bonds. The molecule has 0 aliphatic heterocycles. The molecule has 2 N–H and O–H groups in total. The number of nitrogens with two attached hydrogens (primary N) is 1. The fourth-order valence-corrected chi connectivity index (χ4v) is 3.14. The van der Waals surface area contributed by atoms with E-state index in [1.165, 1.54) is 12.8 Å². The fourth-order valence-electron chi connectivity index (χ4n) is 1.74. The van der Waals surface area contributed by atoms with E-state index in [0.717, 1.165) is 22.3 Å². The van der Waals surface area contributed by atoms with Crippen LogP contribution < -0.4 is 5.14 Å². The van der Waals surface area contributed by atoms with Crippen molar-refractivity contribution in [2.75, 3.05) is 5.75 Å². The van der Waals surface area contributed by atoms with Crippen molar-refractivity contribution in [3.63, 3.8) is 0 Å². The van der Waals surface area contributed by atoms with Crippen molar-refractivity contribution in [3.05, 3.63) is 24.3 Å². The van der Waals surface area contributed by atoms with Gasteiger partial charge in [0.15, 0.2) is 15.9 Å². The van der Waals surface area contributed by atoms with Gasteiger partial charge in [0.1, 0.15) is 0 Å². The molecule has 0 saturated carbocycles. The van der Waals surface area contributed by atoms with Crippen LogP contribution in [0.25, 0.3) is 11.4 Å². The van der Waals surface area contributed by atoms with Crippen LogP contribution in [0.2, 0.25) is 0 Å². The highest BCUT2D eigenvalue weighted by Crippen LogP contribution is 2.24. The summed E-state index contributed by atoms with van der Waals surface area (Å²) in [5.74, 6) is 1.85. The first-order chi connectivity index (χ1) is 9.63. The van der Waals surface area contributed by atoms with Gasteiger partial charge in [0.05, 0.1) is 11.4 Å². The molecule has 0 radical (unpaired) electrons. The molecule has 108 valence electrons. The van der Waals surface area contributed by atoms with E-state index in [2.05, 4.69) is 17.1 Å². The summed E-state index contributed by atoms with van der Waals surface area (Å²) in [6.07, 6.45) is 2.35. The van der Waals surface area contributed by atoms with Crippen LogP contribution in [0.4, 0.5) is 0 Å². The number of hydrogen-bond donors (Lipinski definition) is 1. The Kier molecular flexibility index (Phi) is 5.47. The number of thioether (sulfide) groups is 1. The summed E-state index contributed by atoms with van der Waals surface area (Å²) in [6, 6.07) is 7.24. The van der Waals surface area contributed by atoms with E-state index < -0.39 is 11.4 Å². The summed E-state index contributed by atoms with van der Waals surface area (Å²) in [7, 11) is 1.96. The lowest BCUT2D eigenvalue weighted by Crippen LogP contribution is -2.11. The fraction of sp³-hybridized carbons (Fsp3) is 0.385. The van der Waals surface area contributed by atoms with Gasteiger partial charge in [-0.05, 0) is 30.7 Å². The molecule has 1 aromatic heterocycles. The van der Waals surface area contributed by atoms with E-state index in [-0.39, 0.29) is 0 Å². The van der Waals surface area contributed by atoms with Gasteiger partial charge in [-0.15, -0.1) is 15.3 Å². The lowest BCUT2D eigenvalue weighted by atomic mass is 10.2. The smallest absolute Gasteiger partial charge is 0.191 e. The van der Waals surface area contributed by atoms with E-state index in [9.17, 15) is 4.55 Å². The third-order valence-corrected chi connectivity index (χ3v) is 4.75. The molecule has 0 aliphatic rings. The Hall–Kier alpha value is -1.02. The first-order valence-electron chi connectivity index (χ1n) is 6.42. The van der Waals surface area contributed by atoms with E-state index in [1.807, 2.05) is 23.7 Å². The first-order valence-corrected chi connectivity index (χ1v) is 8.62. The second kappa shape index (κ2) is 7.12. The third kappa shape index (κ3) is 3.54. The summed E-state index contributed by atoms with van der Waals surface area (Å²) < 4.78 is 13.1. The molecule has 1 unspecified atom stereocenters. The largest absolute Gasteiger partial charge is 0.593 e. The predicted octanol–water partition coefficient (Wildman–Crippen LogP) is 2.36. The highest BCUT2D eigenvalue weighted by atomic mass is 32.2. The molecule has 7 heteroatoms. The molecule has 2 aromatic rings. The van der Waals surface area contributed by atoms with Crippen LogP contribution >= 0.6 is 11.8 Å². The van der Waals surface area contributed by atoms with Crippen molar-refractivity contribution in [1.82, 2.24) is 14.8 Å². The van der Waals surface area contributed by atoms with Crippen LogP contribution in [0.1, 0.15) is 19.8 Å². The summed E-state index contributed by atoms with van der Waals surface area (Å²) in [6.45, 7) is 2.17. The minimum atomic E-state index is -1.45. The summed E-state index contributed by atoms with van der Waals surface area (Å²) in [5.41, 5.74) is 0.941. The number of nitrogens with zero attached hydrogens (tertiary/aromatic N) is 3. The number of hydrogen-bond acceptors (Lipinski definition) is 5. The Balaban J connectivity index is 2.16. The Morgan fingerprint density at radius 3 is 2.60 bits per heavy atom. The summed E-state index contributed by atoms with van der Waals surface area (Å²) in [5, 5.41) is 14.7. The van der Waals surface area contributed by atoms with Gasteiger partial charge in [-0.2, -0.15) is 0 Å². The van der Waals surface area contributed by atoms with Crippen LogP contribution in [0.3, 0.4) is 0 Å². The molecule has 0 saturated heterocycles. The second-order valence-corrected chi connectivity index (χ2v) is 6.52. The molecule has 0 fully saturated rings. The first kappa shape index (κ1) is 15.4. The van der Waals surface area contributed by atoms with Gasteiger partial charge in [0.2, 0.25) is 0 Å². The molecule has 0 aliphatic carbocycles. The van der Waals surface area contributed by atoms with Crippen molar-refractivity contribution in [2.45, 2.75) is 29.8 Å². The van der Waals surface area contributed by atoms with Gasteiger partial charge in [-0.1, -0.05) is 25.1 Å². The van der Waals surface area contributed by atoms with Crippen molar-refractivity contribution in [1.29, 1.82) is 0 Å². The van der Waals surface area contributed by atoms with Gasteiger partial charge in [0.25, 0.3) is 0 Å². The molecule has 1 atom stereocenters. The van der Waals surface area contributed by atoms with Crippen molar-refractivity contribution >= 4 is 23.1 Å². The molecule has 0 spiro atoms. The highest BCUT2D eigenvalue weighted by molar-refractivity contribution is 7.99. The van der Waals surface area contributed by atoms with Gasteiger partial charge >= 0.3 is 0 Å². The molecule has 1 heterocycles. The number of aromatic nitrogens is 3. The topological polar surface area (TPSA) is 79.8 Å². The average molecular weight is 310 g/mol. The lowest BCUT2D eigenvalue weighted by Gasteiger charge is -2.05. The maximum Gasteiger partial charge on any atom is 0.191 e. The van der Waals surface area contributed by atoms with Gasteiger partial charge in [-0.3, -0.25) is 0 Å². The molecular formula is C13H18N4OS2. The maximum atomic E-state index is 11.2. The van der Waals surface area contributed by atoms with E-state index in [0.29, 0.717) is 4.90 Å². The van der Waals surface area contributed by atoms with E-state index in [4.69, 9.17) is 5.14 Å². The number of rotatable bonds is 6. The zero-order valence-electron chi connectivity index (χ0n) is 11.6. The zero-order chi connectivity index (χ0) is 14.5. The Bertz CT molecular complexity index is 554. The predicted molar refractivity (Wildman–Crippen MR) is 82.7 cm³/mol. The van der Waals surface area contributed by atoms with E-state index >= 15 is 0 Å². The average Bonchev–Trinajstić information content (AvgIpc) is 2.81. The number of unbranched alkanes of at least 4 members (excludes halogenated alkanes) is 1. The Morgan fingerprint density at radius 1 is 1.30 bits per heavy atom. The molecule has 1 aromatic carbocycles. The van der Waals surface area contributed by atoms with Crippen molar-refractivity contribution < 1.29 is 4.55 Å². The minimum Gasteiger partial charge on any atom is -0.593 e. The summed E-state index contributed by atoms with van der Waals surface area (Å²) in [4.78, 5) is 0.605. The molecular weight excluding hydrogens is 292 g/mol. The van der Waals surface area contributed by atoms with Crippen LogP contribution in [0, 0.1) is 0 Å². The Morgan fingerprint density at radius 2 is 2.00 bits per heavy atom. The minimum absolute atomic E-state index is 0.605. The normalized spacial score (nSPS) is 12.6. The molecule has 5 nitrogen and oxygen atoms in total. The Labute approximate surface area is 126 Å². The SMILES string of the molecule is CCCCSc1nnc(-c2ccc([S+](N)[O-])cc2)n1C. The standard InChI is InChI=1S/C13H18N4OS2/c1-3-4-9-19-13-16-15-12(17(13)2)10-5-7-11(8-6-10)20(14)18/h5-8H,3-4,9,14H2,1-2H3. The zero-order valence-corrected chi connectivity index (χ0v) is 13.2. The van der Waals surface area contributed by atoms with Gasteiger partial charge in [-0.25, -0.2) is 0 Å². The highest BCUT2D eigenvalue weighted by Gasteiger charge is 2.12. The molecule has 20 heavy (non-hydrogen) atoms. The van der Waals surface area contributed by atoms with Crippen molar-refractivity contribution in [2.24, 2.45) is 12.2 Å². The van der Waals surface area contributed by atoms with Crippen LogP contribution in [-0.4, -0.2) is 25.1 Å². The van der Waals surface area contributed by atoms with Gasteiger partial charge < -0.3 is 9.12 Å². The molecule has 2 rings (SSSR count). The molecule has 0 bridgehead atoms. The quantitative estimate of drug-likeness (QED) is 0.503. The van der Waals surface area contributed by atoms with Crippen molar-refractivity contribution in [3.8, 4) is 11.4 Å². The lowest BCUT2D eigenvalue weighted by molar-refractivity contribution is 0.597. The van der Waals surface area contributed by atoms with Crippen LogP contribution in [-0.2, 0) is 18.4 Å². The third-order valence-electron chi connectivity index (χ3n) is 2.91. The van der Waals surface area contributed by atoms with Gasteiger partial charge in [0, 0.05) is 18.4 Å². The summed E-state index contributed by atoms with van der Waals surface area (Å²) >= 11 is 0.270. The number of benzene rings is 1. The van der Waals surface area contributed by atoms with E-state index in [1.54, 1.807) is 23.9 Å². The second-order valence-electron chi connectivity index (χ2n) is 4.39.